The van der Waals surface area contributed by atoms with Crippen molar-refractivity contribution in [2.75, 3.05) is 0 Å². The lowest BCUT2D eigenvalue weighted by Crippen LogP contribution is -2.41. The number of aromatic hydroxyl groups is 2. The molecule has 5 heteroatoms. The summed E-state index contributed by atoms with van der Waals surface area (Å²) in [7, 11) is 0. The summed E-state index contributed by atoms with van der Waals surface area (Å²) in [5, 5.41) is 23.4. The molecule has 2 atom stereocenters. The molecule has 0 saturated heterocycles. The molecule has 124 valence electrons. The lowest BCUT2D eigenvalue weighted by atomic mass is 9.74. The zero-order valence-electron chi connectivity index (χ0n) is 13.3. The van der Waals surface area contributed by atoms with Crippen LogP contribution in [0.1, 0.15) is 58.5 Å². The highest BCUT2D eigenvalue weighted by molar-refractivity contribution is 8.93. The first-order valence-corrected chi connectivity index (χ1v) is 8.77. The number of benzene rings is 1. The maximum absolute atomic E-state index is 9.94. The quantitative estimate of drug-likeness (QED) is 0.626. The molecule has 0 amide bonds. The first-order chi connectivity index (χ1) is 10.5. The first-order valence-electron chi connectivity index (χ1n) is 7.95. The fraction of sp³-hybridized carbons (Fsp3) is 0.444. The van der Waals surface area contributed by atoms with E-state index in [9.17, 15) is 10.2 Å². The lowest BCUT2D eigenvalue weighted by Gasteiger charge is -2.38. The molecule has 0 saturated carbocycles. The van der Waals surface area contributed by atoms with Gasteiger partial charge >= 0.3 is 0 Å². The van der Waals surface area contributed by atoms with Gasteiger partial charge in [0.2, 0.25) is 0 Å². The fourth-order valence-corrected chi connectivity index (χ4v) is 4.98. The van der Waals surface area contributed by atoms with E-state index in [2.05, 4.69) is 25.2 Å². The van der Waals surface area contributed by atoms with Gasteiger partial charge in [-0.3, -0.25) is 0 Å². The molecule has 1 aromatic heterocycles. The summed E-state index contributed by atoms with van der Waals surface area (Å²) in [5.41, 5.74) is 3.76. The van der Waals surface area contributed by atoms with E-state index in [1.165, 1.54) is 26.4 Å². The van der Waals surface area contributed by atoms with E-state index in [-0.39, 0.29) is 28.5 Å². The van der Waals surface area contributed by atoms with Crippen molar-refractivity contribution in [2.24, 2.45) is 0 Å². The van der Waals surface area contributed by atoms with Crippen LogP contribution >= 0.6 is 28.3 Å². The van der Waals surface area contributed by atoms with Crippen LogP contribution in [-0.2, 0) is 13.0 Å². The van der Waals surface area contributed by atoms with Gasteiger partial charge in [-0.05, 0) is 53.6 Å². The Morgan fingerprint density at radius 2 is 1.87 bits per heavy atom. The predicted molar refractivity (Wildman–Crippen MR) is 99.3 cm³/mol. The van der Waals surface area contributed by atoms with Crippen molar-refractivity contribution >= 4 is 28.3 Å². The number of fused-ring (bicyclic) bond motifs is 5. The topological polar surface area (TPSA) is 52.5 Å². The van der Waals surface area contributed by atoms with Crippen LogP contribution in [0.25, 0.3) is 0 Å². The molecule has 0 radical (unpaired) electrons. The molecule has 23 heavy (non-hydrogen) atoms. The minimum Gasteiger partial charge on any atom is -0.504 e. The summed E-state index contributed by atoms with van der Waals surface area (Å²) in [6, 6.07) is 6.30. The molecule has 1 aliphatic carbocycles. The van der Waals surface area contributed by atoms with Crippen LogP contribution in [0.2, 0.25) is 0 Å². The standard InChI is InChI=1S/C18H21NO2S.BrH/c1-9(2)16-7-12-17(22-16)8-19-13-4-3-10-5-14(20)15(21)6-11(10)18(12)13;/h5-7,9,13,18-21H,3-4,8H2,1-2H3;1H/t13-,18+;/m0./s1. The number of rotatable bonds is 1. The third-order valence-electron chi connectivity index (χ3n) is 4.99. The Balaban J connectivity index is 0.00000156. The molecule has 1 aliphatic heterocycles. The number of phenols is 2. The van der Waals surface area contributed by atoms with Gasteiger partial charge in [-0.25, -0.2) is 0 Å². The Labute approximate surface area is 151 Å². The number of aryl methyl sites for hydroxylation is 1. The SMILES string of the molecule is Br.CC(C)c1cc2c(s1)CN[C@H]1CCc3cc(O)c(O)cc3[C@H]21. The van der Waals surface area contributed by atoms with E-state index in [0.29, 0.717) is 17.9 Å². The zero-order chi connectivity index (χ0) is 15.4. The Hall–Kier alpha value is -1.04. The molecular weight excluding hydrogens is 374 g/mol. The molecule has 2 heterocycles. The summed E-state index contributed by atoms with van der Waals surface area (Å²) in [6.45, 7) is 5.43. The van der Waals surface area contributed by atoms with Crippen molar-refractivity contribution < 1.29 is 10.2 Å². The molecule has 0 fully saturated rings. The summed E-state index contributed by atoms with van der Waals surface area (Å²) < 4.78 is 0. The third-order valence-corrected chi connectivity index (χ3v) is 6.44. The van der Waals surface area contributed by atoms with Crippen molar-refractivity contribution in [2.45, 2.75) is 51.1 Å². The van der Waals surface area contributed by atoms with Gasteiger partial charge in [0.15, 0.2) is 11.5 Å². The summed E-state index contributed by atoms with van der Waals surface area (Å²) in [5.74, 6) is 0.827. The van der Waals surface area contributed by atoms with Gasteiger partial charge < -0.3 is 15.5 Å². The second-order valence-corrected chi connectivity index (χ2v) is 7.89. The van der Waals surface area contributed by atoms with Crippen molar-refractivity contribution in [3.63, 3.8) is 0 Å². The Bertz CT molecular complexity index is 741. The minimum absolute atomic E-state index is 0. The van der Waals surface area contributed by atoms with Crippen molar-refractivity contribution in [3.05, 3.63) is 44.6 Å². The molecule has 4 rings (SSSR count). The maximum Gasteiger partial charge on any atom is 0.157 e. The van der Waals surface area contributed by atoms with Crippen molar-refractivity contribution in [1.29, 1.82) is 0 Å². The predicted octanol–water partition coefficient (Wildman–Crippen LogP) is 4.41. The van der Waals surface area contributed by atoms with E-state index in [4.69, 9.17) is 0 Å². The fourth-order valence-electron chi connectivity index (χ4n) is 3.81. The monoisotopic (exact) mass is 395 g/mol. The smallest absolute Gasteiger partial charge is 0.157 e. The van der Waals surface area contributed by atoms with Gasteiger partial charge in [0.25, 0.3) is 0 Å². The Kier molecular flexibility index (Phi) is 4.47. The normalized spacial score (nSPS) is 22.0. The van der Waals surface area contributed by atoms with E-state index in [1.54, 1.807) is 12.1 Å². The van der Waals surface area contributed by atoms with E-state index >= 15 is 0 Å². The number of nitrogens with one attached hydrogen (secondary N) is 1. The number of phenolic OH excluding ortho intramolecular Hbond substituents is 2. The molecule has 3 nitrogen and oxygen atoms in total. The highest BCUT2D eigenvalue weighted by atomic mass is 79.9. The molecule has 0 bridgehead atoms. The highest BCUT2D eigenvalue weighted by Gasteiger charge is 2.36. The average molecular weight is 396 g/mol. The van der Waals surface area contributed by atoms with Crippen LogP contribution in [-0.4, -0.2) is 16.3 Å². The molecule has 2 aromatic rings. The van der Waals surface area contributed by atoms with Crippen LogP contribution in [0.5, 0.6) is 11.5 Å². The van der Waals surface area contributed by atoms with Crippen LogP contribution in [0.3, 0.4) is 0 Å². The number of hydrogen-bond donors (Lipinski definition) is 3. The number of hydrogen-bond acceptors (Lipinski definition) is 4. The Morgan fingerprint density at radius 1 is 1.13 bits per heavy atom. The van der Waals surface area contributed by atoms with Crippen LogP contribution in [0, 0.1) is 0 Å². The molecule has 1 aromatic carbocycles. The number of thiophene rings is 1. The largest absolute Gasteiger partial charge is 0.504 e. The summed E-state index contributed by atoms with van der Waals surface area (Å²) in [4.78, 5) is 2.85. The van der Waals surface area contributed by atoms with Gasteiger partial charge in [-0.2, -0.15) is 0 Å². The van der Waals surface area contributed by atoms with Gasteiger partial charge in [-0.15, -0.1) is 28.3 Å². The van der Waals surface area contributed by atoms with Gasteiger partial charge in [0.1, 0.15) is 0 Å². The molecule has 2 aliphatic rings. The second kappa shape index (κ2) is 6.11. The molecule has 0 unspecified atom stereocenters. The number of halogens is 1. The average Bonchev–Trinajstić information content (AvgIpc) is 2.92. The van der Waals surface area contributed by atoms with E-state index in [0.717, 1.165) is 19.4 Å². The van der Waals surface area contributed by atoms with Gasteiger partial charge in [0.05, 0.1) is 0 Å². The third kappa shape index (κ3) is 2.69. The second-order valence-electron chi connectivity index (χ2n) is 6.73. The first kappa shape index (κ1) is 16.8. The van der Waals surface area contributed by atoms with Crippen LogP contribution in [0.15, 0.2) is 18.2 Å². The molecular formula is C18H22BrNO2S. The van der Waals surface area contributed by atoms with E-state index in [1.807, 2.05) is 11.3 Å². The molecule has 3 N–H and O–H groups in total. The highest BCUT2D eigenvalue weighted by Crippen LogP contribution is 2.46. The summed E-state index contributed by atoms with van der Waals surface area (Å²) >= 11 is 1.91. The Morgan fingerprint density at radius 3 is 2.61 bits per heavy atom. The maximum atomic E-state index is 9.94. The summed E-state index contributed by atoms with van der Waals surface area (Å²) in [6.07, 6.45) is 2.03. The minimum atomic E-state index is -0.00849. The van der Waals surface area contributed by atoms with Gasteiger partial charge in [-0.1, -0.05) is 13.8 Å². The molecule has 0 spiro atoms. The van der Waals surface area contributed by atoms with E-state index < -0.39 is 0 Å². The van der Waals surface area contributed by atoms with Crippen molar-refractivity contribution in [3.8, 4) is 11.5 Å². The van der Waals surface area contributed by atoms with Gasteiger partial charge in [0, 0.05) is 28.3 Å². The van der Waals surface area contributed by atoms with Crippen LogP contribution < -0.4 is 5.32 Å². The van der Waals surface area contributed by atoms with Crippen LogP contribution in [0.4, 0.5) is 0 Å². The van der Waals surface area contributed by atoms with Crippen molar-refractivity contribution in [1.82, 2.24) is 5.32 Å². The zero-order valence-corrected chi connectivity index (χ0v) is 15.8. The lowest BCUT2D eigenvalue weighted by molar-refractivity contribution is 0.382.